The Morgan fingerprint density at radius 3 is 2.29 bits per heavy atom. The summed E-state index contributed by atoms with van der Waals surface area (Å²) in [5, 5.41) is 13.0. The molecule has 0 aliphatic heterocycles. The van der Waals surface area contributed by atoms with E-state index in [0.29, 0.717) is 6.61 Å². The summed E-state index contributed by atoms with van der Waals surface area (Å²) in [5.74, 6) is 0.663. The molecule has 1 saturated carbocycles. The molecule has 160 valence electrons. The molecule has 3 aromatic rings. The van der Waals surface area contributed by atoms with Crippen LogP contribution >= 0.6 is 0 Å². The van der Waals surface area contributed by atoms with Gasteiger partial charge in [-0.05, 0) is 62.3 Å². The standard InChI is InChI=1S/C26H27NO4/c1-3-30-25(29)26(15-16-26)22-13-11-20(12-14-22)19-7-9-21(10-8-19)24-23(6-4-5-17-28)18(2)27-31-24/h5,7-14,17,28H,3-4,6,15-16H2,1-2H3. The van der Waals surface area contributed by atoms with Crippen LogP contribution in [-0.4, -0.2) is 22.8 Å². The maximum Gasteiger partial charge on any atom is 0.316 e. The van der Waals surface area contributed by atoms with E-state index in [9.17, 15) is 4.79 Å². The normalized spacial score (nSPS) is 14.6. The van der Waals surface area contributed by atoms with Crippen molar-refractivity contribution in [1.82, 2.24) is 5.16 Å². The third-order valence-electron chi connectivity index (χ3n) is 5.99. The molecular formula is C26H27NO4. The Bertz CT molecular complexity index is 1070. The van der Waals surface area contributed by atoms with Crippen molar-refractivity contribution < 1.29 is 19.2 Å². The van der Waals surface area contributed by atoms with Crippen LogP contribution in [-0.2, 0) is 21.4 Å². The number of hydrogen-bond acceptors (Lipinski definition) is 5. The molecule has 2 aromatic carbocycles. The summed E-state index contributed by atoms with van der Waals surface area (Å²) in [6.45, 7) is 4.19. The van der Waals surface area contributed by atoms with Crippen molar-refractivity contribution in [2.75, 3.05) is 6.61 Å². The van der Waals surface area contributed by atoms with Gasteiger partial charge in [-0.25, -0.2) is 0 Å². The number of aryl methyl sites for hydroxylation is 1. The van der Waals surface area contributed by atoms with Crippen LogP contribution in [0.3, 0.4) is 0 Å². The van der Waals surface area contributed by atoms with E-state index in [1.165, 1.54) is 0 Å². The van der Waals surface area contributed by atoms with E-state index >= 15 is 0 Å². The van der Waals surface area contributed by atoms with Crippen molar-refractivity contribution in [1.29, 1.82) is 0 Å². The molecule has 5 nitrogen and oxygen atoms in total. The zero-order chi connectivity index (χ0) is 21.8. The molecule has 31 heavy (non-hydrogen) atoms. The maximum atomic E-state index is 12.3. The van der Waals surface area contributed by atoms with Gasteiger partial charge in [-0.2, -0.15) is 0 Å². The van der Waals surface area contributed by atoms with Gasteiger partial charge in [0.15, 0.2) is 5.76 Å². The minimum Gasteiger partial charge on any atom is -0.516 e. The molecule has 0 unspecified atom stereocenters. The van der Waals surface area contributed by atoms with Crippen LogP contribution in [0.1, 0.15) is 43.0 Å². The molecule has 0 bridgehead atoms. The first kappa shape index (κ1) is 20.9. The molecule has 4 rings (SSSR count). The number of hydrogen-bond donors (Lipinski definition) is 1. The van der Waals surface area contributed by atoms with Crippen molar-refractivity contribution in [3.8, 4) is 22.5 Å². The molecule has 0 spiro atoms. The zero-order valence-electron chi connectivity index (χ0n) is 17.9. The summed E-state index contributed by atoms with van der Waals surface area (Å²) < 4.78 is 10.8. The van der Waals surface area contributed by atoms with Gasteiger partial charge >= 0.3 is 5.97 Å². The van der Waals surface area contributed by atoms with E-state index in [4.69, 9.17) is 14.4 Å². The first-order chi connectivity index (χ1) is 15.1. The Morgan fingerprint density at radius 2 is 1.71 bits per heavy atom. The molecule has 0 radical (unpaired) electrons. The molecule has 1 heterocycles. The highest BCUT2D eigenvalue weighted by Crippen LogP contribution is 2.49. The fourth-order valence-corrected chi connectivity index (χ4v) is 4.01. The summed E-state index contributed by atoms with van der Waals surface area (Å²) >= 11 is 0. The second-order valence-electron chi connectivity index (χ2n) is 7.96. The van der Waals surface area contributed by atoms with Crippen LogP contribution in [0.5, 0.6) is 0 Å². The zero-order valence-corrected chi connectivity index (χ0v) is 17.9. The summed E-state index contributed by atoms with van der Waals surface area (Å²) in [6.07, 6.45) is 5.98. The third kappa shape index (κ3) is 4.13. The van der Waals surface area contributed by atoms with Gasteiger partial charge in [-0.3, -0.25) is 4.79 Å². The number of ether oxygens (including phenoxy) is 1. The van der Waals surface area contributed by atoms with Crippen LogP contribution in [0.15, 0.2) is 65.4 Å². The number of benzene rings is 2. The average Bonchev–Trinajstić information content (AvgIpc) is 3.53. The van der Waals surface area contributed by atoms with Gasteiger partial charge in [0.05, 0.1) is 24.0 Å². The highest BCUT2D eigenvalue weighted by Gasteiger charge is 2.52. The van der Waals surface area contributed by atoms with Crippen LogP contribution in [0.2, 0.25) is 0 Å². The Kier molecular flexibility index (Phi) is 5.94. The summed E-state index contributed by atoms with van der Waals surface area (Å²) in [5.41, 5.74) is 5.69. The van der Waals surface area contributed by atoms with E-state index in [0.717, 1.165) is 71.2 Å². The van der Waals surface area contributed by atoms with Crippen LogP contribution < -0.4 is 0 Å². The first-order valence-electron chi connectivity index (χ1n) is 10.7. The number of aliphatic hydroxyl groups excluding tert-OH is 1. The minimum atomic E-state index is -0.440. The second kappa shape index (κ2) is 8.80. The molecule has 0 atom stereocenters. The third-order valence-corrected chi connectivity index (χ3v) is 5.99. The largest absolute Gasteiger partial charge is 0.516 e. The Balaban J connectivity index is 1.52. The van der Waals surface area contributed by atoms with E-state index in [-0.39, 0.29) is 5.97 Å². The molecule has 1 N–H and O–H groups in total. The highest BCUT2D eigenvalue weighted by molar-refractivity contribution is 5.87. The van der Waals surface area contributed by atoms with E-state index in [2.05, 4.69) is 29.4 Å². The van der Waals surface area contributed by atoms with E-state index in [1.807, 2.05) is 38.1 Å². The highest BCUT2D eigenvalue weighted by atomic mass is 16.5. The minimum absolute atomic E-state index is 0.111. The fourth-order valence-electron chi connectivity index (χ4n) is 4.01. The topological polar surface area (TPSA) is 72.6 Å². The molecule has 1 aromatic heterocycles. The van der Waals surface area contributed by atoms with Gasteiger partial charge in [-0.15, -0.1) is 0 Å². The molecule has 0 saturated heterocycles. The van der Waals surface area contributed by atoms with Crippen LogP contribution in [0, 0.1) is 6.92 Å². The average molecular weight is 418 g/mol. The summed E-state index contributed by atoms with van der Waals surface area (Å²) in [6, 6.07) is 16.4. The maximum absolute atomic E-state index is 12.3. The molecule has 5 heteroatoms. The van der Waals surface area contributed by atoms with Gasteiger partial charge in [0, 0.05) is 11.1 Å². The molecule has 1 aliphatic carbocycles. The summed E-state index contributed by atoms with van der Waals surface area (Å²) in [4.78, 5) is 12.3. The second-order valence-corrected chi connectivity index (χ2v) is 7.96. The number of aliphatic hydroxyl groups is 1. The smallest absolute Gasteiger partial charge is 0.316 e. The molecular weight excluding hydrogens is 390 g/mol. The number of carbonyl (C=O) groups excluding carboxylic acids is 1. The fraction of sp³-hybridized carbons (Fsp3) is 0.308. The van der Waals surface area contributed by atoms with Gasteiger partial charge in [0.1, 0.15) is 0 Å². The molecule has 1 fully saturated rings. The van der Waals surface area contributed by atoms with Crippen molar-refractivity contribution in [2.24, 2.45) is 0 Å². The number of rotatable bonds is 8. The number of nitrogens with zero attached hydrogens (tertiary/aromatic N) is 1. The Morgan fingerprint density at radius 1 is 1.10 bits per heavy atom. The monoisotopic (exact) mass is 417 g/mol. The molecule has 0 amide bonds. The van der Waals surface area contributed by atoms with Gasteiger partial charge in [0.25, 0.3) is 0 Å². The number of aromatic nitrogens is 1. The number of allylic oxidation sites excluding steroid dienone is 1. The predicted molar refractivity (Wildman–Crippen MR) is 120 cm³/mol. The van der Waals surface area contributed by atoms with E-state index in [1.54, 1.807) is 6.08 Å². The van der Waals surface area contributed by atoms with Crippen molar-refractivity contribution in [3.05, 3.63) is 77.7 Å². The number of carbonyl (C=O) groups is 1. The lowest BCUT2D eigenvalue weighted by Gasteiger charge is -2.14. The number of esters is 1. The van der Waals surface area contributed by atoms with Crippen molar-refractivity contribution >= 4 is 5.97 Å². The van der Waals surface area contributed by atoms with E-state index < -0.39 is 5.41 Å². The van der Waals surface area contributed by atoms with Crippen molar-refractivity contribution in [2.45, 2.75) is 44.9 Å². The quantitative estimate of drug-likeness (QED) is 0.364. The van der Waals surface area contributed by atoms with Crippen LogP contribution in [0.25, 0.3) is 22.5 Å². The lowest BCUT2D eigenvalue weighted by Crippen LogP contribution is -2.23. The lowest BCUT2D eigenvalue weighted by molar-refractivity contribution is -0.146. The SMILES string of the molecule is CCOC(=O)C1(c2ccc(-c3ccc(-c4onc(C)c4CCC=CO)cc3)cc2)CC1. The molecule has 1 aliphatic rings. The first-order valence-corrected chi connectivity index (χ1v) is 10.7. The van der Waals surface area contributed by atoms with Gasteiger partial charge in [0.2, 0.25) is 0 Å². The lowest BCUT2D eigenvalue weighted by atomic mass is 9.93. The predicted octanol–water partition coefficient (Wildman–Crippen LogP) is 5.92. The van der Waals surface area contributed by atoms with Gasteiger partial charge in [-0.1, -0.05) is 53.7 Å². The Labute approximate surface area is 182 Å². The van der Waals surface area contributed by atoms with Crippen molar-refractivity contribution in [3.63, 3.8) is 0 Å². The Hall–Kier alpha value is -3.34. The summed E-state index contributed by atoms with van der Waals surface area (Å²) in [7, 11) is 0. The van der Waals surface area contributed by atoms with Crippen LogP contribution in [0.4, 0.5) is 0 Å². The van der Waals surface area contributed by atoms with Gasteiger partial charge < -0.3 is 14.4 Å².